The minimum Gasteiger partial charge on any atom is -0.325 e. The Morgan fingerprint density at radius 1 is 1.12 bits per heavy atom. The number of para-hydroxylation sites is 1. The molecule has 0 spiro atoms. The maximum absolute atomic E-state index is 11.8. The van der Waals surface area contributed by atoms with E-state index in [1.807, 2.05) is 19.1 Å². The molecule has 8 heteroatoms. The summed E-state index contributed by atoms with van der Waals surface area (Å²) < 4.78 is 0. The molecular weight excluding hydrogens is 324 g/mol. The summed E-state index contributed by atoms with van der Waals surface area (Å²) in [6, 6.07) is 12.9. The first-order valence-electron chi connectivity index (χ1n) is 7.37. The first-order valence-corrected chi connectivity index (χ1v) is 7.37. The van der Waals surface area contributed by atoms with Crippen molar-refractivity contribution in [1.82, 2.24) is 5.43 Å². The number of hydrazone groups is 1. The molecule has 0 aliphatic rings. The molecule has 2 rings (SSSR count). The van der Waals surface area contributed by atoms with Crippen LogP contribution in [0, 0.1) is 17.0 Å². The van der Waals surface area contributed by atoms with Gasteiger partial charge in [0.15, 0.2) is 0 Å². The largest absolute Gasteiger partial charge is 0.325 e. The van der Waals surface area contributed by atoms with Gasteiger partial charge in [-0.05, 0) is 36.2 Å². The fourth-order valence-corrected chi connectivity index (χ4v) is 1.95. The molecule has 8 nitrogen and oxygen atoms in total. The average Bonchev–Trinajstić information content (AvgIpc) is 2.57. The van der Waals surface area contributed by atoms with Gasteiger partial charge in [0.2, 0.25) is 11.8 Å². The molecule has 2 aromatic carbocycles. The van der Waals surface area contributed by atoms with Crippen LogP contribution < -0.4 is 10.7 Å². The van der Waals surface area contributed by atoms with Crippen LogP contribution in [0.15, 0.2) is 53.6 Å². The van der Waals surface area contributed by atoms with Crippen LogP contribution in [0.3, 0.4) is 0 Å². The third-order valence-electron chi connectivity index (χ3n) is 3.25. The van der Waals surface area contributed by atoms with Crippen LogP contribution in [0.1, 0.15) is 17.5 Å². The quantitative estimate of drug-likeness (QED) is 0.364. The zero-order valence-corrected chi connectivity index (χ0v) is 13.4. The standard InChI is InChI=1S/C17H16N4O4/c1-12-4-2-3-5-15(12)19-16(22)10-17(23)20-18-11-13-6-8-14(9-7-13)21(24)25/h2-9,11H,10H2,1H3,(H,19,22)(H,20,23). The number of rotatable bonds is 6. The number of hydrogen-bond donors (Lipinski definition) is 2. The summed E-state index contributed by atoms with van der Waals surface area (Å²) in [5, 5.41) is 16.9. The van der Waals surface area contributed by atoms with Gasteiger partial charge >= 0.3 is 0 Å². The molecule has 25 heavy (non-hydrogen) atoms. The number of benzene rings is 2. The predicted molar refractivity (Wildman–Crippen MR) is 93.3 cm³/mol. The Morgan fingerprint density at radius 2 is 1.80 bits per heavy atom. The van der Waals surface area contributed by atoms with E-state index in [2.05, 4.69) is 15.8 Å². The number of aryl methyl sites for hydroxylation is 1. The van der Waals surface area contributed by atoms with E-state index >= 15 is 0 Å². The number of anilines is 1. The highest BCUT2D eigenvalue weighted by atomic mass is 16.6. The summed E-state index contributed by atoms with van der Waals surface area (Å²) >= 11 is 0. The monoisotopic (exact) mass is 340 g/mol. The first kappa shape index (κ1) is 17.8. The summed E-state index contributed by atoms with van der Waals surface area (Å²) in [5.41, 5.74) is 4.32. The van der Waals surface area contributed by atoms with E-state index in [1.165, 1.54) is 30.5 Å². The second-order valence-electron chi connectivity index (χ2n) is 5.18. The Labute approximate surface area is 143 Å². The molecule has 2 aromatic rings. The van der Waals surface area contributed by atoms with Gasteiger partial charge in [0, 0.05) is 17.8 Å². The highest BCUT2D eigenvalue weighted by Gasteiger charge is 2.10. The molecule has 0 bridgehead atoms. The van der Waals surface area contributed by atoms with E-state index in [-0.39, 0.29) is 12.1 Å². The van der Waals surface area contributed by atoms with Crippen LogP contribution in [0.2, 0.25) is 0 Å². The number of hydrogen-bond acceptors (Lipinski definition) is 5. The molecule has 0 aromatic heterocycles. The van der Waals surface area contributed by atoms with Gasteiger partial charge in [0.05, 0.1) is 11.1 Å². The van der Waals surface area contributed by atoms with Gasteiger partial charge in [-0.25, -0.2) is 5.43 Å². The Kier molecular flexibility index (Phi) is 5.94. The van der Waals surface area contributed by atoms with Crippen molar-refractivity contribution < 1.29 is 14.5 Å². The number of nitro groups is 1. The topological polar surface area (TPSA) is 114 Å². The smallest absolute Gasteiger partial charge is 0.269 e. The highest BCUT2D eigenvalue weighted by molar-refractivity contribution is 6.04. The second kappa shape index (κ2) is 8.34. The number of amides is 2. The van der Waals surface area contributed by atoms with Gasteiger partial charge in [-0.15, -0.1) is 0 Å². The van der Waals surface area contributed by atoms with Crippen LogP contribution in [-0.4, -0.2) is 23.0 Å². The van der Waals surface area contributed by atoms with Crippen molar-refractivity contribution in [2.45, 2.75) is 13.3 Å². The van der Waals surface area contributed by atoms with E-state index in [9.17, 15) is 19.7 Å². The fourth-order valence-electron chi connectivity index (χ4n) is 1.95. The maximum atomic E-state index is 11.8. The summed E-state index contributed by atoms with van der Waals surface area (Å²) in [6.07, 6.45) is 0.965. The SMILES string of the molecule is Cc1ccccc1NC(=O)CC(=O)NN=Cc1ccc([N+](=O)[O-])cc1. The van der Waals surface area contributed by atoms with Crippen molar-refractivity contribution >= 4 is 29.4 Å². The van der Waals surface area contributed by atoms with E-state index in [1.54, 1.807) is 12.1 Å². The van der Waals surface area contributed by atoms with Crippen LogP contribution >= 0.6 is 0 Å². The third-order valence-corrected chi connectivity index (χ3v) is 3.25. The van der Waals surface area contributed by atoms with Gasteiger partial charge in [0.1, 0.15) is 6.42 Å². The predicted octanol–water partition coefficient (Wildman–Crippen LogP) is 2.38. The van der Waals surface area contributed by atoms with Crippen molar-refractivity contribution in [3.8, 4) is 0 Å². The van der Waals surface area contributed by atoms with Crippen molar-refractivity contribution in [3.05, 3.63) is 69.8 Å². The number of carbonyl (C=O) groups excluding carboxylic acids is 2. The number of nitrogens with zero attached hydrogens (tertiary/aromatic N) is 2. The molecule has 0 heterocycles. The molecule has 0 unspecified atom stereocenters. The normalized spacial score (nSPS) is 10.4. The van der Waals surface area contributed by atoms with E-state index in [4.69, 9.17) is 0 Å². The number of non-ortho nitro benzene ring substituents is 1. The van der Waals surface area contributed by atoms with Crippen LogP contribution in [-0.2, 0) is 9.59 Å². The zero-order valence-electron chi connectivity index (χ0n) is 13.4. The molecular formula is C17H16N4O4. The van der Waals surface area contributed by atoms with Gasteiger partial charge < -0.3 is 5.32 Å². The Balaban J connectivity index is 1.82. The second-order valence-corrected chi connectivity index (χ2v) is 5.18. The molecule has 128 valence electrons. The van der Waals surface area contributed by atoms with Crippen LogP contribution in [0.4, 0.5) is 11.4 Å². The van der Waals surface area contributed by atoms with Crippen LogP contribution in [0.5, 0.6) is 0 Å². The lowest BCUT2D eigenvalue weighted by Crippen LogP contribution is -2.24. The lowest BCUT2D eigenvalue weighted by molar-refractivity contribution is -0.384. The van der Waals surface area contributed by atoms with Crippen molar-refractivity contribution in [1.29, 1.82) is 0 Å². The average molecular weight is 340 g/mol. The van der Waals surface area contributed by atoms with Crippen molar-refractivity contribution in [2.24, 2.45) is 5.10 Å². The molecule has 0 saturated carbocycles. The lowest BCUT2D eigenvalue weighted by atomic mass is 10.2. The molecule has 0 radical (unpaired) electrons. The molecule has 0 aliphatic carbocycles. The zero-order chi connectivity index (χ0) is 18.2. The molecule has 2 amide bonds. The minimum atomic E-state index is -0.566. The van der Waals surface area contributed by atoms with Gasteiger partial charge in [-0.3, -0.25) is 19.7 Å². The Hall–Kier alpha value is -3.55. The minimum absolute atomic E-state index is 0.0333. The first-order chi connectivity index (χ1) is 12.0. The third kappa shape index (κ3) is 5.54. The molecule has 0 aliphatic heterocycles. The Morgan fingerprint density at radius 3 is 2.44 bits per heavy atom. The van der Waals surface area contributed by atoms with Gasteiger partial charge in [-0.2, -0.15) is 5.10 Å². The summed E-state index contributed by atoms with van der Waals surface area (Å²) in [7, 11) is 0. The van der Waals surface area contributed by atoms with E-state index in [0.29, 0.717) is 11.3 Å². The molecule has 0 atom stereocenters. The fraction of sp³-hybridized carbons (Fsp3) is 0.118. The maximum Gasteiger partial charge on any atom is 0.269 e. The summed E-state index contributed by atoms with van der Waals surface area (Å²) in [6.45, 7) is 1.85. The van der Waals surface area contributed by atoms with Crippen molar-refractivity contribution in [2.75, 3.05) is 5.32 Å². The highest BCUT2D eigenvalue weighted by Crippen LogP contribution is 2.13. The number of nitro benzene ring substituents is 1. The van der Waals surface area contributed by atoms with E-state index < -0.39 is 16.7 Å². The summed E-state index contributed by atoms with van der Waals surface area (Å²) in [5.74, 6) is -1.01. The lowest BCUT2D eigenvalue weighted by Gasteiger charge is -2.07. The van der Waals surface area contributed by atoms with Crippen molar-refractivity contribution in [3.63, 3.8) is 0 Å². The van der Waals surface area contributed by atoms with Gasteiger partial charge in [-0.1, -0.05) is 18.2 Å². The number of nitrogens with one attached hydrogen (secondary N) is 2. The summed E-state index contributed by atoms with van der Waals surface area (Å²) in [4.78, 5) is 33.6. The molecule has 0 fully saturated rings. The Bertz CT molecular complexity index is 816. The molecule has 2 N–H and O–H groups in total. The number of carbonyl (C=O) groups is 2. The van der Waals surface area contributed by atoms with E-state index in [0.717, 1.165) is 5.56 Å². The molecule has 0 saturated heterocycles. The van der Waals surface area contributed by atoms with Gasteiger partial charge in [0.25, 0.3) is 5.69 Å². The van der Waals surface area contributed by atoms with Crippen LogP contribution in [0.25, 0.3) is 0 Å².